The number of aromatic nitrogens is 2. The van der Waals surface area contributed by atoms with Gasteiger partial charge in [0.25, 0.3) is 15.6 Å². The molecule has 124 valence electrons. The van der Waals surface area contributed by atoms with Crippen LogP contribution in [0.15, 0.2) is 50.9 Å². The van der Waals surface area contributed by atoms with E-state index in [0.717, 1.165) is 11.1 Å². The molecule has 3 aromatic rings. The number of aryl methyl sites for hydroxylation is 2. The summed E-state index contributed by atoms with van der Waals surface area (Å²) in [6.45, 7) is 3.59. The predicted molar refractivity (Wildman–Crippen MR) is 92.3 cm³/mol. The van der Waals surface area contributed by atoms with Gasteiger partial charge >= 0.3 is 5.69 Å². The van der Waals surface area contributed by atoms with Gasteiger partial charge in [0.15, 0.2) is 0 Å². The van der Waals surface area contributed by atoms with E-state index in [0.29, 0.717) is 5.02 Å². The van der Waals surface area contributed by atoms with Gasteiger partial charge in [0.05, 0.1) is 15.8 Å². The van der Waals surface area contributed by atoms with E-state index in [2.05, 4.69) is 4.98 Å². The van der Waals surface area contributed by atoms with E-state index in [1.54, 1.807) is 13.0 Å². The second-order valence-corrected chi connectivity index (χ2v) is 7.66. The Morgan fingerprint density at radius 1 is 1.00 bits per heavy atom. The van der Waals surface area contributed by atoms with Gasteiger partial charge in [-0.2, -0.15) is 0 Å². The smallest absolute Gasteiger partial charge is 0.306 e. The zero-order valence-corrected chi connectivity index (χ0v) is 14.4. The molecule has 24 heavy (non-hydrogen) atoms. The highest BCUT2D eigenvalue weighted by molar-refractivity contribution is 7.90. The minimum atomic E-state index is -4.31. The minimum Gasteiger partial charge on any atom is -0.306 e. The highest BCUT2D eigenvalue weighted by Gasteiger charge is 2.23. The van der Waals surface area contributed by atoms with Crippen molar-refractivity contribution in [2.24, 2.45) is 0 Å². The van der Waals surface area contributed by atoms with E-state index in [9.17, 15) is 18.0 Å². The maximum absolute atomic E-state index is 12.8. The Labute approximate surface area is 142 Å². The molecule has 0 atom stereocenters. The Balaban J connectivity index is 2.36. The number of hydrogen-bond acceptors (Lipinski definition) is 4. The van der Waals surface area contributed by atoms with Crippen LogP contribution >= 0.6 is 11.6 Å². The summed E-state index contributed by atoms with van der Waals surface area (Å²) < 4.78 is 25.8. The summed E-state index contributed by atoms with van der Waals surface area (Å²) in [5, 5.41) is 0.388. The fourth-order valence-electron chi connectivity index (χ4n) is 2.37. The molecule has 0 fully saturated rings. The van der Waals surface area contributed by atoms with Crippen LogP contribution in [0.5, 0.6) is 0 Å². The summed E-state index contributed by atoms with van der Waals surface area (Å²) in [6.07, 6.45) is 0. The molecule has 1 N–H and O–H groups in total. The van der Waals surface area contributed by atoms with Gasteiger partial charge in [0.1, 0.15) is 0 Å². The Hall–Kier alpha value is -2.38. The molecule has 1 aromatic heterocycles. The van der Waals surface area contributed by atoms with E-state index in [1.165, 1.54) is 30.3 Å². The lowest BCUT2D eigenvalue weighted by atomic mass is 10.1. The SMILES string of the molecule is Cc1ccc(S(=O)(=O)n2c(=O)[nH]c3cc(Cl)ccc3c2=O)cc1C. The number of H-pyrrole nitrogens is 1. The predicted octanol–water partition coefficient (Wildman–Crippen LogP) is 2.20. The summed E-state index contributed by atoms with van der Waals surface area (Å²) in [4.78, 5) is 27.0. The molecule has 0 saturated carbocycles. The van der Waals surface area contributed by atoms with Crippen molar-refractivity contribution in [3.05, 3.63) is 73.4 Å². The second kappa shape index (κ2) is 5.61. The third-order valence-corrected chi connectivity index (χ3v) is 5.74. The zero-order chi connectivity index (χ0) is 17.6. The lowest BCUT2D eigenvalue weighted by Crippen LogP contribution is -2.40. The van der Waals surface area contributed by atoms with Crippen molar-refractivity contribution >= 4 is 32.5 Å². The number of nitrogens with zero attached hydrogens (tertiary/aromatic N) is 1. The highest BCUT2D eigenvalue weighted by atomic mass is 35.5. The molecule has 2 aromatic carbocycles. The van der Waals surface area contributed by atoms with Crippen molar-refractivity contribution in [1.82, 2.24) is 8.96 Å². The molecule has 0 saturated heterocycles. The van der Waals surface area contributed by atoms with Crippen molar-refractivity contribution in [2.45, 2.75) is 18.7 Å². The number of rotatable bonds is 2. The molecule has 8 heteroatoms. The van der Waals surface area contributed by atoms with Crippen LogP contribution in [-0.2, 0) is 10.0 Å². The minimum absolute atomic E-state index is 0.0615. The van der Waals surface area contributed by atoms with Gasteiger partial charge in [-0.15, -0.1) is 3.97 Å². The molecular weight excluding hydrogens is 352 g/mol. The van der Waals surface area contributed by atoms with Crippen LogP contribution in [0.4, 0.5) is 0 Å². The molecule has 0 radical (unpaired) electrons. The van der Waals surface area contributed by atoms with Gasteiger partial charge in [-0.1, -0.05) is 17.7 Å². The Morgan fingerprint density at radius 2 is 1.71 bits per heavy atom. The van der Waals surface area contributed by atoms with E-state index < -0.39 is 21.3 Å². The van der Waals surface area contributed by atoms with Crippen LogP contribution in [0, 0.1) is 13.8 Å². The summed E-state index contributed by atoms with van der Waals surface area (Å²) in [7, 11) is -4.31. The van der Waals surface area contributed by atoms with Gasteiger partial charge in [-0.3, -0.25) is 4.79 Å². The molecule has 0 bridgehead atoms. The number of halogens is 1. The van der Waals surface area contributed by atoms with E-state index in [1.807, 2.05) is 6.92 Å². The first-order valence-electron chi connectivity index (χ1n) is 6.99. The number of fused-ring (bicyclic) bond motifs is 1. The van der Waals surface area contributed by atoms with Crippen LogP contribution in [0.1, 0.15) is 11.1 Å². The van der Waals surface area contributed by atoms with E-state index in [-0.39, 0.29) is 19.8 Å². The maximum atomic E-state index is 12.8. The van der Waals surface area contributed by atoms with Crippen LogP contribution in [0.3, 0.4) is 0 Å². The van der Waals surface area contributed by atoms with Crippen LogP contribution < -0.4 is 11.2 Å². The van der Waals surface area contributed by atoms with Crippen molar-refractivity contribution in [1.29, 1.82) is 0 Å². The molecule has 0 aliphatic heterocycles. The Bertz CT molecular complexity index is 1190. The number of aromatic amines is 1. The summed E-state index contributed by atoms with van der Waals surface area (Å²) in [5.74, 6) is 0. The number of hydrogen-bond donors (Lipinski definition) is 1. The van der Waals surface area contributed by atoms with Crippen molar-refractivity contribution in [2.75, 3.05) is 0 Å². The van der Waals surface area contributed by atoms with Crippen LogP contribution in [0.25, 0.3) is 10.9 Å². The standard InChI is InChI=1S/C16H13ClN2O4S/c1-9-3-5-12(7-10(9)2)24(22,23)19-15(20)13-6-4-11(17)8-14(13)18-16(19)21/h3-8H,1-2H3,(H,18,21). The highest BCUT2D eigenvalue weighted by Crippen LogP contribution is 2.17. The molecule has 0 amide bonds. The second-order valence-electron chi connectivity index (χ2n) is 5.44. The number of benzene rings is 2. The fraction of sp³-hybridized carbons (Fsp3) is 0.125. The largest absolute Gasteiger partial charge is 0.343 e. The Morgan fingerprint density at radius 3 is 2.38 bits per heavy atom. The molecule has 3 rings (SSSR count). The fourth-order valence-corrected chi connectivity index (χ4v) is 3.90. The molecule has 6 nitrogen and oxygen atoms in total. The maximum Gasteiger partial charge on any atom is 0.343 e. The molecule has 0 aliphatic carbocycles. The molecular formula is C16H13ClN2O4S. The Kier molecular flexibility index (Phi) is 3.85. The first kappa shape index (κ1) is 16.5. The number of nitrogens with one attached hydrogen (secondary N) is 1. The average Bonchev–Trinajstić information content (AvgIpc) is 2.49. The molecule has 1 heterocycles. The first-order chi connectivity index (χ1) is 11.2. The van der Waals surface area contributed by atoms with Crippen molar-refractivity contribution < 1.29 is 8.42 Å². The van der Waals surface area contributed by atoms with Gasteiger partial charge in [0.2, 0.25) is 0 Å². The van der Waals surface area contributed by atoms with Gasteiger partial charge in [-0.05, 0) is 55.3 Å². The molecule has 0 spiro atoms. The van der Waals surface area contributed by atoms with Gasteiger partial charge in [-0.25, -0.2) is 13.2 Å². The first-order valence-corrected chi connectivity index (χ1v) is 8.81. The zero-order valence-electron chi connectivity index (χ0n) is 12.8. The summed E-state index contributed by atoms with van der Waals surface area (Å²) >= 11 is 5.83. The lowest BCUT2D eigenvalue weighted by Gasteiger charge is -2.09. The molecule has 0 aliphatic rings. The van der Waals surface area contributed by atoms with Gasteiger partial charge < -0.3 is 4.98 Å². The third-order valence-electron chi connectivity index (χ3n) is 3.84. The quantitative estimate of drug-likeness (QED) is 0.754. The van der Waals surface area contributed by atoms with Crippen molar-refractivity contribution in [3.8, 4) is 0 Å². The monoisotopic (exact) mass is 364 g/mol. The summed E-state index contributed by atoms with van der Waals surface area (Å²) in [5.41, 5.74) is -0.114. The summed E-state index contributed by atoms with van der Waals surface area (Å²) in [6, 6.07) is 8.66. The normalized spacial score (nSPS) is 11.8. The molecule has 0 unspecified atom stereocenters. The van der Waals surface area contributed by atoms with Crippen molar-refractivity contribution in [3.63, 3.8) is 0 Å². The van der Waals surface area contributed by atoms with E-state index in [4.69, 9.17) is 11.6 Å². The van der Waals surface area contributed by atoms with Crippen LogP contribution in [-0.4, -0.2) is 17.4 Å². The lowest BCUT2D eigenvalue weighted by molar-refractivity contribution is 0.582. The average molecular weight is 365 g/mol. The van der Waals surface area contributed by atoms with Gasteiger partial charge in [0, 0.05) is 5.02 Å². The van der Waals surface area contributed by atoms with E-state index >= 15 is 0 Å². The van der Waals surface area contributed by atoms with Crippen LogP contribution in [0.2, 0.25) is 5.02 Å². The third kappa shape index (κ3) is 2.55. The topological polar surface area (TPSA) is 89.0 Å².